The van der Waals surface area contributed by atoms with Gasteiger partial charge in [0.25, 0.3) is 0 Å². The first kappa shape index (κ1) is 16.2. The Morgan fingerprint density at radius 1 is 1.04 bits per heavy atom. The summed E-state index contributed by atoms with van der Waals surface area (Å²) in [6, 6.07) is 18.9. The molecule has 3 aromatic rings. The molecule has 0 unspecified atom stereocenters. The van der Waals surface area contributed by atoms with Crippen molar-refractivity contribution >= 4 is 17.3 Å². The topological polar surface area (TPSA) is 24.9 Å². The Morgan fingerprint density at radius 3 is 2.64 bits per heavy atom. The smallest absolute Gasteiger partial charge is 0.0708 e. The average Bonchev–Trinajstić information content (AvgIpc) is 3.11. The van der Waals surface area contributed by atoms with Crippen LogP contribution in [0.1, 0.15) is 28.8 Å². The van der Waals surface area contributed by atoms with Crippen LogP contribution in [0.5, 0.6) is 0 Å². The molecule has 1 aliphatic rings. The molecule has 0 amide bonds. The number of hydrogen-bond acceptors (Lipinski definition) is 2. The number of fused-ring (bicyclic) bond motifs is 1. The summed E-state index contributed by atoms with van der Waals surface area (Å²) in [6.45, 7) is 0. The Kier molecular flexibility index (Phi) is 4.46. The predicted octanol–water partition coefficient (Wildman–Crippen LogP) is 5.52. The number of pyridine rings is 1. The second kappa shape index (κ2) is 6.89. The molecule has 1 heterocycles. The monoisotopic (exact) mass is 348 g/mol. The van der Waals surface area contributed by atoms with E-state index in [9.17, 15) is 0 Å². The van der Waals surface area contributed by atoms with E-state index >= 15 is 0 Å². The maximum absolute atomic E-state index is 6.18. The van der Waals surface area contributed by atoms with Gasteiger partial charge in [-0.2, -0.15) is 0 Å². The molecular weight excluding hydrogens is 328 g/mol. The predicted molar refractivity (Wildman–Crippen MR) is 106 cm³/mol. The summed E-state index contributed by atoms with van der Waals surface area (Å²) in [5, 5.41) is 3.93. The highest BCUT2D eigenvalue weighted by Gasteiger charge is 2.18. The second-order valence-corrected chi connectivity index (χ2v) is 7.02. The van der Waals surface area contributed by atoms with Crippen molar-refractivity contribution in [2.75, 3.05) is 12.4 Å². The third kappa shape index (κ3) is 3.40. The first-order valence-electron chi connectivity index (χ1n) is 8.77. The Bertz CT molecular complexity index is 900. The molecule has 4 rings (SSSR count). The fraction of sp³-hybridized carbons (Fsp3) is 0.227. The van der Waals surface area contributed by atoms with Crippen molar-refractivity contribution in [2.24, 2.45) is 0 Å². The molecule has 0 radical (unpaired) electrons. The van der Waals surface area contributed by atoms with Crippen molar-refractivity contribution in [1.82, 2.24) is 4.98 Å². The van der Waals surface area contributed by atoms with Gasteiger partial charge in [0.2, 0.25) is 0 Å². The Hall–Kier alpha value is -2.32. The van der Waals surface area contributed by atoms with E-state index in [4.69, 9.17) is 16.6 Å². The Labute approximate surface area is 153 Å². The van der Waals surface area contributed by atoms with Gasteiger partial charge in [0, 0.05) is 29.0 Å². The van der Waals surface area contributed by atoms with E-state index < -0.39 is 0 Å². The molecule has 25 heavy (non-hydrogen) atoms. The molecule has 2 nitrogen and oxygen atoms in total. The Balaban J connectivity index is 1.73. The summed E-state index contributed by atoms with van der Waals surface area (Å²) < 4.78 is 0. The molecule has 0 aliphatic heterocycles. The number of aromatic nitrogens is 1. The average molecular weight is 349 g/mol. The van der Waals surface area contributed by atoms with E-state index in [1.807, 2.05) is 25.2 Å². The van der Waals surface area contributed by atoms with Gasteiger partial charge in [0.15, 0.2) is 0 Å². The van der Waals surface area contributed by atoms with E-state index in [0.717, 1.165) is 41.2 Å². The molecule has 0 bridgehead atoms. The van der Waals surface area contributed by atoms with Gasteiger partial charge < -0.3 is 5.32 Å². The number of benzene rings is 2. The third-order valence-corrected chi connectivity index (χ3v) is 5.14. The minimum Gasteiger partial charge on any atom is -0.388 e. The van der Waals surface area contributed by atoms with Crippen LogP contribution in [0.3, 0.4) is 0 Å². The summed E-state index contributed by atoms with van der Waals surface area (Å²) in [6.07, 6.45) is 4.37. The number of aryl methyl sites for hydroxylation is 1. The van der Waals surface area contributed by atoms with Crippen LogP contribution in [0.2, 0.25) is 5.02 Å². The van der Waals surface area contributed by atoms with Crippen molar-refractivity contribution in [3.05, 3.63) is 82.0 Å². The minimum absolute atomic E-state index is 0.754. The molecule has 0 fully saturated rings. The molecule has 126 valence electrons. The summed E-state index contributed by atoms with van der Waals surface area (Å²) >= 11 is 6.18. The van der Waals surface area contributed by atoms with Gasteiger partial charge in [0.1, 0.15) is 0 Å². The molecule has 1 aliphatic carbocycles. The lowest BCUT2D eigenvalue weighted by Gasteiger charge is -2.12. The molecule has 0 saturated heterocycles. The van der Waals surface area contributed by atoms with Crippen LogP contribution in [0.4, 0.5) is 5.69 Å². The van der Waals surface area contributed by atoms with E-state index in [1.54, 1.807) is 0 Å². The largest absolute Gasteiger partial charge is 0.388 e. The molecule has 2 aromatic carbocycles. The zero-order chi connectivity index (χ0) is 17.2. The lowest BCUT2D eigenvalue weighted by Crippen LogP contribution is -2.00. The number of hydrogen-bond donors (Lipinski definition) is 1. The van der Waals surface area contributed by atoms with Gasteiger partial charge in [-0.15, -0.1) is 0 Å². The van der Waals surface area contributed by atoms with Gasteiger partial charge in [0.05, 0.1) is 5.69 Å². The normalized spacial score (nSPS) is 12.9. The fourth-order valence-corrected chi connectivity index (χ4v) is 3.78. The minimum atomic E-state index is 0.754. The maximum Gasteiger partial charge on any atom is 0.0708 e. The standard InChI is InChI=1S/C22H21ClN2/c1-24-19-10-8-15(9-11-19)12-17-14-22(16-4-2-5-18(23)13-16)25-21-7-3-6-20(17)21/h2,4-5,8-11,13-14,24H,3,6-7,12H2,1H3. The molecule has 1 N–H and O–H groups in total. The van der Waals surface area contributed by atoms with Crippen molar-refractivity contribution in [1.29, 1.82) is 0 Å². The lowest BCUT2D eigenvalue weighted by atomic mass is 9.97. The van der Waals surface area contributed by atoms with Gasteiger partial charge in [-0.05, 0) is 72.7 Å². The van der Waals surface area contributed by atoms with Gasteiger partial charge >= 0.3 is 0 Å². The molecule has 1 aromatic heterocycles. The van der Waals surface area contributed by atoms with Crippen LogP contribution in [0.25, 0.3) is 11.3 Å². The van der Waals surface area contributed by atoms with Crippen LogP contribution in [-0.4, -0.2) is 12.0 Å². The fourth-order valence-electron chi connectivity index (χ4n) is 3.59. The summed E-state index contributed by atoms with van der Waals surface area (Å²) in [5.74, 6) is 0. The van der Waals surface area contributed by atoms with Crippen molar-refractivity contribution in [2.45, 2.75) is 25.7 Å². The number of anilines is 1. The number of nitrogens with zero attached hydrogens (tertiary/aromatic N) is 1. The van der Waals surface area contributed by atoms with Gasteiger partial charge in [-0.3, -0.25) is 4.98 Å². The first-order chi connectivity index (χ1) is 12.2. The first-order valence-corrected chi connectivity index (χ1v) is 9.15. The van der Waals surface area contributed by atoms with Crippen molar-refractivity contribution in [3.8, 4) is 11.3 Å². The highest BCUT2D eigenvalue weighted by Crippen LogP contribution is 2.31. The number of nitrogens with one attached hydrogen (secondary N) is 1. The van der Waals surface area contributed by atoms with Crippen LogP contribution < -0.4 is 5.32 Å². The Morgan fingerprint density at radius 2 is 1.88 bits per heavy atom. The lowest BCUT2D eigenvalue weighted by molar-refractivity contribution is 0.897. The van der Waals surface area contributed by atoms with Gasteiger partial charge in [-0.1, -0.05) is 35.9 Å². The van der Waals surface area contributed by atoms with E-state index in [-0.39, 0.29) is 0 Å². The highest BCUT2D eigenvalue weighted by atomic mass is 35.5. The van der Waals surface area contributed by atoms with E-state index in [0.29, 0.717) is 0 Å². The van der Waals surface area contributed by atoms with Gasteiger partial charge in [-0.25, -0.2) is 0 Å². The SMILES string of the molecule is CNc1ccc(Cc2cc(-c3cccc(Cl)c3)nc3c2CCC3)cc1. The third-order valence-electron chi connectivity index (χ3n) is 4.90. The van der Waals surface area contributed by atoms with Crippen molar-refractivity contribution in [3.63, 3.8) is 0 Å². The quantitative estimate of drug-likeness (QED) is 0.671. The zero-order valence-corrected chi connectivity index (χ0v) is 15.1. The molecule has 0 spiro atoms. The number of rotatable bonds is 4. The van der Waals surface area contributed by atoms with Crippen LogP contribution in [0.15, 0.2) is 54.6 Å². The van der Waals surface area contributed by atoms with Crippen molar-refractivity contribution < 1.29 is 0 Å². The zero-order valence-electron chi connectivity index (χ0n) is 14.3. The summed E-state index contributed by atoms with van der Waals surface area (Å²) in [4.78, 5) is 4.93. The second-order valence-electron chi connectivity index (χ2n) is 6.58. The summed E-state index contributed by atoms with van der Waals surface area (Å²) in [7, 11) is 1.95. The summed E-state index contributed by atoms with van der Waals surface area (Å²) in [5.41, 5.74) is 8.70. The maximum atomic E-state index is 6.18. The number of halogens is 1. The van der Waals surface area contributed by atoms with Crippen LogP contribution in [0, 0.1) is 0 Å². The van der Waals surface area contributed by atoms with Crippen LogP contribution >= 0.6 is 11.6 Å². The molecule has 0 saturated carbocycles. The molecular formula is C22H21ClN2. The van der Waals surface area contributed by atoms with E-state index in [1.165, 1.54) is 28.8 Å². The van der Waals surface area contributed by atoms with Crippen LogP contribution in [-0.2, 0) is 19.3 Å². The van der Waals surface area contributed by atoms with E-state index in [2.05, 4.69) is 41.7 Å². The molecule has 0 atom stereocenters. The highest BCUT2D eigenvalue weighted by molar-refractivity contribution is 6.30. The molecule has 3 heteroatoms.